The molecule has 3 nitrogen and oxygen atoms in total. The first-order chi connectivity index (χ1) is 14.5. The molecule has 0 amide bonds. The summed E-state index contributed by atoms with van der Waals surface area (Å²) in [6.45, 7) is 9.62. The number of hydrogen-bond acceptors (Lipinski definition) is 3. The van der Waals surface area contributed by atoms with E-state index in [0.717, 1.165) is 83.6 Å². The number of benzene rings is 1. The average molecular weight is 418 g/mol. The van der Waals surface area contributed by atoms with Crippen LogP contribution in [0.2, 0.25) is 0 Å². The molecule has 0 radical (unpaired) electrons. The highest BCUT2D eigenvalue weighted by Gasteiger charge is 2.64. The molecule has 30 heavy (non-hydrogen) atoms. The van der Waals surface area contributed by atoms with E-state index in [0.29, 0.717) is 0 Å². The first-order valence-electron chi connectivity index (χ1n) is 12.7. The molecule has 0 spiro atoms. The summed E-state index contributed by atoms with van der Waals surface area (Å²) in [6.07, 6.45) is 11.9. The molecule has 1 saturated heterocycles. The predicted octanol–water partition coefficient (Wildman–Crippen LogP) is 6.46. The Bertz CT molecular complexity index is 540. The summed E-state index contributed by atoms with van der Waals surface area (Å²) in [5.41, 5.74) is -0.123. The molecule has 2 rings (SSSR count). The van der Waals surface area contributed by atoms with Crippen molar-refractivity contribution in [2.24, 2.45) is 0 Å². The minimum Gasteiger partial charge on any atom is -0.388 e. The molecule has 1 aliphatic heterocycles. The minimum atomic E-state index is -0.697. The summed E-state index contributed by atoms with van der Waals surface area (Å²) in [7, 11) is 0. The first kappa shape index (κ1) is 25.4. The number of hydrogen-bond donors (Lipinski definition) is 2. The molecule has 0 bridgehead atoms. The van der Waals surface area contributed by atoms with Gasteiger partial charge >= 0.3 is 0 Å². The molecule has 1 heterocycles. The lowest BCUT2D eigenvalue weighted by molar-refractivity contribution is -0.0154. The van der Waals surface area contributed by atoms with Gasteiger partial charge in [0.05, 0.1) is 23.3 Å². The Balaban J connectivity index is 2.32. The lowest BCUT2D eigenvalue weighted by Crippen LogP contribution is -2.43. The Labute approximate surface area is 185 Å². The highest BCUT2D eigenvalue weighted by Crippen LogP contribution is 2.50. The summed E-state index contributed by atoms with van der Waals surface area (Å²) in [5.74, 6) is 0. The second-order valence-corrected chi connectivity index (χ2v) is 9.67. The van der Waals surface area contributed by atoms with Crippen LogP contribution in [-0.4, -0.2) is 38.4 Å². The van der Waals surface area contributed by atoms with Crippen molar-refractivity contribution in [1.29, 1.82) is 0 Å². The van der Waals surface area contributed by atoms with Gasteiger partial charge in [0.2, 0.25) is 0 Å². The zero-order valence-corrected chi connectivity index (χ0v) is 20.1. The van der Waals surface area contributed by atoms with Gasteiger partial charge in [0.15, 0.2) is 0 Å². The van der Waals surface area contributed by atoms with Crippen LogP contribution < -0.4 is 0 Å². The van der Waals surface area contributed by atoms with E-state index in [1.807, 2.05) is 0 Å². The maximum atomic E-state index is 11.9. The third-order valence-electron chi connectivity index (χ3n) is 7.09. The molecule has 0 unspecified atom stereocenters. The van der Waals surface area contributed by atoms with Gasteiger partial charge in [0, 0.05) is 6.54 Å². The highest BCUT2D eigenvalue weighted by molar-refractivity contribution is 5.24. The van der Waals surface area contributed by atoms with Crippen LogP contribution in [0.25, 0.3) is 0 Å². The second kappa shape index (κ2) is 12.2. The fourth-order valence-electron chi connectivity index (χ4n) is 5.24. The minimum absolute atomic E-state index is 0.0644. The van der Waals surface area contributed by atoms with Crippen molar-refractivity contribution < 1.29 is 10.2 Å². The van der Waals surface area contributed by atoms with Gasteiger partial charge in [-0.1, -0.05) is 109 Å². The fraction of sp³-hybridized carbons (Fsp3) is 0.778. The molecule has 1 aromatic rings. The van der Waals surface area contributed by atoms with Gasteiger partial charge < -0.3 is 10.2 Å². The number of aliphatic hydroxyl groups is 2. The van der Waals surface area contributed by atoms with Gasteiger partial charge in [-0.05, 0) is 31.2 Å². The maximum absolute atomic E-state index is 11.9. The van der Waals surface area contributed by atoms with Crippen molar-refractivity contribution in [3.63, 3.8) is 0 Å². The van der Waals surface area contributed by atoms with Gasteiger partial charge in [-0.2, -0.15) is 0 Å². The van der Waals surface area contributed by atoms with Gasteiger partial charge in [-0.25, -0.2) is 0 Å². The molecule has 172 valence electrons. The van der Waals surface area contributed by atoms with Crippen molar-refractivity contribution in [1.82, 2.24) is 4.90 Å². The lowest BCUT2D eigenvalue weighted by atomic mass is 9.79. The zero-order valence-electron chi connectivity index (χ0n) is 20.1. The maximum Gasteiger partial charge on any atom is 0.0818 e. The third kappa shape index (κ3) is 6.55. The SMILES string of the molecule is CCCCC(O)(CCCC)[C@@H]1[C@@H](C(O)(CCCC)CCCC)N1Cc1ccccc1. The number of nitrogens with zero attached hydrogens (tertiary/aromatic N) is 1. The van der Waals surface area contributed by atoms with Gasteiger partial charge in [-0.3, -0.25) is 4.90 Å². The summed E-state index contributed by atoms with van der Waals surface area (Å²) in [4.78, 5) is 2.42. The topological polar surface area (TPSA) is 43.5 Å². The van der Waals surface area contributed by atoms with Gasteiger partial charge in [-0.15, -0.1) is 0 Å². The Kier molecular flexibility index (Phi) is 10.3. The Hall–Kier alpha value is -0.900. The van der Waals surface area contributed by atoms with Crippen LogP contribution in [0.5, 0.6) is 0 Å². The Morgan fingerprint density at radius 2 is 1.03 bits per heavy atom. The van der Waals surface area contributed by atoms with E-state index >= 15 is 0 Å². The molecule has 0 aromatic heterocycles. The molecule has 2 atom stereocenters. The van der Waals surface area contributed by atoms with Crippen molar-refractivity contribution in [3.8, 4) is 0 Å². The van der Waals surface area contributed by atoms with Crippen LogP contribution >= 0.6 is 0 Å². The summed E-state index contributed by atoms with van der Waals surface area (Å²) in [5, 5.41) is 23.8. The fourth-order valence-corrected chi connectivity index (χ4v) is 5.24. The zero-order chi connectivity index (χ0) is 22.0. The molecule has 2 N–H and O–H groups in total. The third-order valence-corrected chi connectivity index (χ3v) is 7.09. The lowest BCUT2D eigenvalue weighted by Gasteiger charge is -2.32. The Morgan fingerprint density at radius 1 is 0.667 bits per heavy atom. The number of rotatable bonds is 16. The van der Waals surface area contributed by atoms with Crippen molar-refractivity contribution >= 4 is 0 Å². The average Bonchev–Trinajstić information content (AvgIpc) is 3.49. The molecule has 1 fully saturated rings. The van der Waals surface area contributed by atoms with Crippen molar-refractivity contribution in [3.05, 3.63) is 35.9 Å². The van der Waals surface area contributed by atoms with Crippen LogP contribution in [0.1, 0.15) is 110 Å². The second-order valence-electron chi connectivity index (χ2n) is 9.67. The standard InChI is InChI=1S/C27H47NO2/c1-5-9-18-26(29,19-10-6-2)24-25(27(30,20-11-7-3)21-12-8-4)28(24)22-23-16-14-13-15-17-23/h13-17,24-25,29-30H,5-12,18-22H2,1-4H3/t24-,25-/m0/s1. The molecule has 0 saturated carbocycles. The van der Waals surface area contributed by atoms with Crippen LogP contribution in [0, 0.1) is 0 Å². The Morgan fingerprint density at radius 3 is 1.37 bits per heavy atom. The van der Waals surface area contributed by atoms with Gasteiger partial charge in [0.1, 0.15) is 0 Å². The van der Waals surface area contributed by atoms with Crippen molar-refractivity contribution in [2.45, 2.75) is 135 Å². The van der Waals surface area contributed by atoms with E-state index in [-0.39, 0.29) is 12.1 Å². The monoisotopic (exact) mass is 417 g/mol. The van der Waals surface area contributed by atoms with Crippen LogP contribution in [-0.2, 0) is 6.54 Å². The van der Waals surface area contributed by atoms with E-state index in [9.17, 15) is 10.2 Å². The van der Waals surface area contributed by atoms with Crippen molar-refractivity contribution in [2.75, 3.05) is 0 Å². The van der Waals surface area contributed by atoms with E-state index in [2.05, 4.69) is 62.9 Å². The quantitative estimate of drug-likeness (QED) is 0.303. The van der Waals surface area contributed by atoms with Gasteiger partial charge in [0.25, 0.3) is 0 Å². The van der Waals surface area contributed by atoms with E-state index < -0.39 is 11.2 Å². The normalized spacial score (nSPS) is 21.7. The first-order valence-corrected chi connectivity index (χ1v) is 12.7. The number of unbranched alkanes of at least 4 members (excludes halogenated alkanes) is 4. The summed E-state index contributed by atoms with van der Waals surface area (Å²) < 4.78 is 0. The highest BCUT2D eigenvalue weighted by atomic mass is 16.3. The van der Waals surface area contributed by atoms with Crippen LogP contribution in [0.15, 0.2) is 30.3 Å². The molecular weight excluding hydrogens is 370 g/mol. The predicted molar refractivity (Wildman–Crippen MR) is 128 cm³/mol. The van der Waals surface area contributed by atoms with E-state index in [1.54, 1.807) is 0 Å². The van der Waals surface area contributed by atoms with E-state index in [1.165, 1.54) is 5.56 Å². The van der Waals surface area contributed by atoms with E-state index in [4.69, 9.17) is 0 Å². The van der Waals surface area contributed by atoms with Crippen LogP contribution in [0.3, 0.4) is 0 Å². The molecular formula is C27H47NO2. The summed E-state index contributed by atoms with van der Waals surface area (Å²) in [6, 6.07) is 10.7. The summed E-state index contributed by atoms with van der Waals surface area (Å²) >= 11 is 0. The van der Waals surface area contributed by atoms with Crippen LogP contribution in [0.4, 0.5) is 0 Å². The molecule has 0 aliphatic carbocycles. The largest absolute Gasteiger partial charge is 0.388 e. The molecule has 3 heteroatoms. The smallest absolute Gasteiger partial charge is 0.0818 e. The molecule has 1 aromatic carbocycles. The molecule has 1 aliphatic rings.